The second-order valence-corrected chi connectivity index (χ2v) is 5.28. The predicted molar refractivity (Wildman–Crippen MR) is 78.1 cm³/mol. The van der Waals surface area contributed by atoms with Crippen molar-refractivity contribution in [3.63, 3.8) is 0 Å². The highest BCUT2D eigenvalue weighted by Gasteiger charge is 2.09. The highest BCUT2D eigenvalue weighted by atomic mass is 32.2. The number of para-hydroxylation sites is 1. The molecule has 5 nitrogen and oxygen atoms in total. The SMILES string of the molecule is COCCc1nc(SCCC(=O)O)c2ccccc2n1. The van der Waals surface area contributed by atoms with Gasteiger partial charge in [-0.15, -0.1) is 11.8 Å². The van der Waals surface area contributed by atoms with Crippen molar-refractivity contribution in [3.8, 4) is 0 Å². The van der Waals surface area contributed by atoms with Crippen molar-refractivity contribution in [1.82, 2.24) is 9.97 Å². The minimum Gasteiger partial charge on any atom is -0.481 e. The summed E-state index contributed by atoms with van der Waals surface area (Å²) in [6, 6.07) is 7.76. The zero-order valence-corrected chi connectivity index (χ0v) is 12.0. The number of methoxy groups -OCH3 is 1. The number of thioether (sulfide) groups is 1. The van der Waals surface area contributed by atoms with Gasteiger partial charge in [0, 0.05) is 24.7 Å². The molecular weight excluding hydrogens is 276 g/mol. The molecule has 0 bridgehead atoms. The normalized spacial score (nSPS) is 10.8. The Hall–Kier alpha value is -1.66. The fourth-order valence-corrected chi connectivity index (χ4v) is 2.71. The fraction of sp³-hybridized carbons (Fsp3) is 0.357. The summed E-state index contributed by atoms with van der Waals surface area (Å²) in [7, 11) is 1.64. The second-order valence-electron chi connectivity index (χ2n) is 4.20. The maximum atomic E-state index is 10.6. The first-order valence-electron chi connectivity index (χ1n) is 6.30. The Balaban J connectivity index is 2.26. The average Bonchev–Trinajstić information content (AvgIpc) is 2.44. The van der Waals surface area contributed by atoms with Crippen molar-refractivity contribution in [2.75, 3.05) is 19.5 Å². The van der Waals surface area contributed by atoms with E-state index < -0.39 is 5.97 Å². The lowest BCUT2D eigenvalue weighted by Crippen LogP contribution is -2.03. The molecule has 6 heteroatoms. The molecule has 0 atom stereocenters. The number of benzene rings is 1. The third kappa shape index (κ3) is 3.91. The highest BCUT2D eigenvalue weighted by molar-refractivity contribution is 7.99. The van der Waals surface area contributed by atoms with Gasteiger partial charge in [0.15, 0.2) is 0 Å². The summed E-state index contributed by atoms with van der Waals surface area (Å²) in [6.45, 7) is 0.567. The Morgan fingerprint density at radius 1 is 1.35 bits per heavy atom. The van der Waals surface area contributed by atoms with E-state index >= 15 is 0 Å². The van der Waals surface area contributed by atoms with E-state index in [-0.39, 0.29) is 6.42 Å². The van der Waals surface area contributed by atoms with Crippen LogP contribution in [0.5, 0.6) is 0 Å². The van der Waals surface area contributed by atoms with Gasteiger partial charge in [-0.2, -0.15) is 0 Å². The number of ether oxygens (including phenoxy) is 1. The summed E-state index contributed by atoms with van der Waals surface area (Å²) in [4.78, 5) is 19.6. The van der Waals surface area contributed by atoms with Gasteiger partial charge in [-0.1, -0.05) is 18.2 Å². The van der Waals surface area contributed by atoms with E-state index in [9.17, 15) is 4.79 Å². The third-order valence-corrected chi connectivity index (χ3v) is 3.69. The van der Waals surface area contributed by atoms with E-state index in [0.717, 1.165) is 21.8 Å². The van der Waals surface area contributed by atoms with Crippen LogP contribution in [0, 0.1) is 0 Å². The molecule has 1 aromatic carbocycles. The maximum Gasteiger partial charge on any atom is 0.304 e. The van der Waals surface area contributed by atoms with Gasteiger partial charge in [-0.3, -0.25) is 4.79 Å². The molecule has 106 valence electrons. The third-order valence-electron chi connectivity index (χ3n) is 2.70. The Kier molecular flexibility index (Phi) is 5.31. The number of hydrogen-bond donors (Lipinski definition) is 1. The first kappa shape index (κ1) is 14.7. The number of carboxylic acid groups (broad SMARTS) is 1. The van der Waals surface area contributed by atoms with Crippen molar-refractivity contribution in [2.24, 2.45) is 0 Å². The van der Waals surface area contributed by atoms with Crippen LogP contribution < -0.4 is 0 Å². The molecule has 0 saturated heterocycles. The van der Waals surface area contributed by atoms with Crippen LogP contribution in [0.1, 0.15) is 12.2 Å². The lowest BCUT2D eigenvalue weighted by atomic mass is 10.2. The molecule has 0 amide bonds. The number of aromatic nitrogens is 2. The molecule has 0 unspecified atom stereocenters. The van der Waals surface area contributed by atoms with E-state index in [1.165, 1.54) is 11.8 Å². The number of aliphatic carboxylic acids is 1. The van der Waals surface area contributed by atoms with E-state index in [1.807, 2.05) is 24.3 Å². The summed E-state index contributed by atoms with van der Waals surface area (Å²) in [5.74, 6) is 0.430. The van der Waals surface area contributed by atoms with Crippen LogP contribution in [-0.2, 0) is 16.0 Å². The molecule has 0 aliphatic carbocycles. The predicted octanol–water partition coefficient (Wildman–Crippen LogP) is 2.39. The summed E-state index contributed by atoms with van der Waals surface area (Å²) >= 11 is 1.45. The molecule has 0 saturated carbocycles. The molecule has 0 fully saturated rings. The van der Waals surface area contributed by atoms with Gasteiger partial charge < -0.3 is 9.84 Å². The van der Waals surface area contributed by atoms with Crippen molar-refractivity contribution in [2.45, 2.75) is 17.9 Å². The number of carboxylic acids is 1. The van der Waals surface area contributed by atoms with Gasteiger partial charge in [0.25, 0.3) is 0 Å². The van der Waals surface area contributed by atoms with Crippen LogP contribution in [0.3, 0.4) is 0 Å². The van der Waals surface area contributed by atoms with Crippen molar-refractivity contribution in [1.29, 1.82) is 0 Å². The van der Waals surface area contributed by atoms with Gasteiger partial charge >= 0.3 is 5.97 Å². The van der Waals surface area contributed by atoms with Crippen molar-refractivity contribution >= 4 is 28.6 Å². The molecular formula is C14H16N2O3S. The van der Waals surface area contributed by atoms with Gasteiger partial charge in [-0.05, 0) is 6.07 Å². The molecule has 0 radical (unpaired) electrons. The number of hydrogen-bond acceptors (Lipinski definition) is 5. The van der Waals surface area contributed by atoms with E-state index in [4.69, 9.17) is 9.84 Å². The minimum atomic E-state index is -0.796. The van der Waals surface area contributed by atoms with Gasteiger partial charge in [0.05, 0.1) is 18.5 Å². The fourth-order valence-electron chi connectivity index (χ4n) is 1.74. The zero-order valence-electron chi connectivity index (χ0n) is 11.2. The molecule has 2 aromatic rings. The molecule has 1 heterocycles. The van der Waals surface area contributed by atoms with Crippen LogP contribution in [0.15, 0.2) is 29.3 Å². The summed E-state index contributed by atoms with van der Waals surface area (Å²) in [6.07, 6.45) is 0.768. The number of carbonyl (C=O) groups is 1. The molecule has 0 spiro atoms. The quantitative estimate of drug-likeness (QED) is 0.624. The van der Waals surface area contributed by atoms with E-state index in [1.54, 1.807) is 7.11 Å². The Labute approximate surface area is 121 Å². The molecule has 2 rings (SSSR count). The minimum absolute atomic E-state index is 0.121. The van der Waals surface area contributed by atoms with E-state index in [0.29, 0.717) is 18.8 Å². The first-order valence-corrected chi connectivity index (χ1v) is 7.28. The Morgan fingerprint density at radius 3 is 2.90 bits per heavy atom. The van der Waals surface area contributed by atoms with Crippen molar-refractivity contribution < 1.29 is 14.6 Å². The van der Waals surface area contributed by atoms with Gasteiger partial charge in [0.2, 0.25) is 0 Å². The van der Waals surface area contributed by atoms with Crippen LogP contribution in [0.2, 0.25) is 0 Å². The van der Waals surface area contributed by atoms with E-state index in [2.05, 4.69) is 9.97 Å². The number of nitrogens with zero attached hydrogens (tertiary/aromatic N) is 2. The standard InChI is InChI=1S/C14H16N2O3S/c1-19-8-6-12-15-11-5-3-2-4-10(11)14(16-12)20-9-7-13(17)18/h2-5H,6-9H2,1H3,(H,17,18). The van der Waals surface area contributed by atoms with Crippen molar-refractivity contribution in [3.05, 3.63) is 30.1 Å². The lowest BCUT2D eigenvalue weighted by molar-refractivity contribution is -0.136. The number of fused-ring (bicyclic) bond motifs is 1. The Bertz CT molecular complexity index is 604. The number of rotatable bonds is 7. The summed E-state index contributed by atoms with van der Waals surface area (Å²) in [5, 5.41) is 10.5. The maximum absolute atomic E-state index is 10.6. The topological polar surface area (TPSA) is 72.3 Å². The highest BCUT2D eigenvalue weighted by Crippen LogP contribution is 2.25. The van der Waals surface area contributed by atoms with Crippen LogP contribution in [0.4, 0.5) is 0 Å². The second kappa shape index (κ2) is 7.21. The van der Waals surface area contributed by atoms with Gasteiger partial charge in [-0.25, -0.2) is 9.97 Å². The largest absolute Gasteiger partial charge is 0.481 e. The van der Waals surface area contributed by atoms with Crippen LogP contribution in [0.25, 0.3) is 10.9 Å². The first-order chi connectivity index (χ1) is 9.70. The summed E-state index contributed by atoms with van der Waals surface area (Å²) in [5.41, 5.74) is 0.881. The van der Waals surface area contributed by atoms with Crippen LogP contribution in [-0.4, -0.2) is 40.5 Å². The lowest BCUT2D eigenvalue weighted by Gasteiger charge is -2.07. The monoisotopic (exact) mass is 292 g/mol. The molecule has 1 aromatic heterocycles. The average molecular weight is 292 g/mol. The molecule has 20 heavy (non-hydrogen) atoms. The molecule has 0 aliphatic rings. The van der Waals surface area contributed by atoms with Gasteiger partial charge in [0.1, 0.15) is 10.9 Å². The van der Waals surface area contributed by atoms with Crippen LogP contribution >= 0.6 is 11.8 Å². The Morgan fingerprint density at radius 2 is 2.15 bits per heavy atom. The smallest absolute Gasteiger partial charge is 0.304 e. The summed E-state index contributed by atoms with van der Waals surface area (Å²) < 4.78 is 5.05. The molecule has 1 N–H and O–H groups in total. The molecule has 0 aliphatic heterocycles. The zero-order chi connectivity index (χ0) is 14.4.